The molecule has 3 N–H and O–H groups in total. The van der Waals surface area contributed by atoms with Gasteiger partial charge in [0.2, 0.25) is 0 Å². The maximum atomic E-state index is 5.97. The summed E-state index contributed by atoms with van der Waals surface area (Å²) in [5.41, 5.74) is 9.71. The fourth-order valence-electron chi connectivity index (χ4n) is 1.69. The van der Waals surface area contributed by atoms with Crippen molar-refractivity contribution in [2.45, 2.75) is 13.3 Å². The van der Waals surface area contributed by atoms with Crippen LogP contribution in [-0.2, 0) is 13.5 Å². The second-order valence-electron chi connectivity index (χ2n) is 3.87. The molecule has 0 radical (unpaired) electrons. The molecule has 0 bridgehead atoms. The molecule has 0 saturated carbocycles. The van der Waals surface area contributed by atoms with Crippen molar-refractivity contribution < 1.29 is 0 Å². The van der Waals surface area contributed by atoms with Crippen LogP contribution in [0.1, 0.15) is 12.6 Å². The van der Waals surface area contributed by atoms with Gasteiger partial charge in [-0.3, -0.25) is 4.68 Å². The van der Waals surface area contributed by atoms with E-state index in [2.05, 4.69) is 39.9 Å². The van der Waals surface area contributed by atoms with Crippen molar-refractivity contribution in [3.05, 3.63) is 33.7 Å². The fraction of sp³-hybridized carbons (Fsp3) is 0.250. The molecule has 0 atom stereocenters. The number of nitrogens with two attached hydrogens (primary N) is 1. The monoisotopic (exact) mass is 342 g/mol. The van der Waals surface area contributed by atoms with Crippen molar-refractivity contribution in [1.29, 1.82) is 0 Å². The Morgan fingerprint density at radius 3 is 2.82 bits per heavy atom. The van der Waals surface area contributed by atoms with Gasteiger partial charge < -0.3 is 11.1 Å². The second kappa shape index (κ2) is 4.95. The van der Waals surface area contributed by atoms with Crippen LogP contribution < -0.4 is 11.1 Å². The Labute approximate surface area is 114 Å². The summed E-state index contributed by atoms with van der Waals surface area (Å²) in [7, 11) is 1.92. The predicted molar refractivity (Wildman–Crippen MR) is 79.4 cm³/mol. The Hall–Kier alpha value is -1.24. The van der Waals surface area contributed by atoms with Crippen LogP contribution in [0, 0.1) is 3.57 Å². The Bertz CT molecular complexity index is 533. The highest BCUT2D eigenvalue weighted by molar-refractivity contribution is 14.1. The number of nitrogen functional groups attached to an aromatic ring is 1. The first-order valence-corrected chi connectivity index (χ1v) is 6.52. The van der Waals surface area contributed by atoms with Gasteiger partial charge in [0.1, 0.15) is 0 Å². The minimum Gasteiger partial charge on any atom is -0.397 e. The van der Waals surface area contributed by atoms with Gasteiger partial charge in [-0.1, -0.05) is 6.92 Å². The summed E-state index contributed by atoms with van der Waals surface area (Å²) in [6.07, 6.45) is 2.86. The molecule has 1 heterocycles. The Morgan fingerprint density at radius 1 is 1.41 bits per heavy atom. The van der Waals surface area contributed by atoms with Crippen LogP contribution >= 0.6 is 22.6 Å². The molecular formula is C12H15IN4. The summed E-state index contributed by atoms with van der Waals surface area (Å²) in [6.45, 7) is 2.09. The molecule has 1 aromatic carbocycles. The zero-order chi connectivity index (χ0) is 12.4. The molecule has 0 aliphatic rings. The van der Waals surface area contributed by atoms with E-state index in [4.69, 9.17) is 5.73 Å². The number of aromatic nitrogens is 2. The summed E-state index contributed by atoms with van der Waals surface area (Å²) < 4.78 is 2.94. The van der Waals surface area contributed by atoms with Crippen molar-refractivity contribution in [2.75, 3.05) is 11.1 Å². The number of hydrogen-bond acceptors (Lipinski definition) is 3. The molecular weight excluding hydrogens is 327 g/mol. The number of halogens is 1. The van der Waals surface area contributed by atoms with Gasteiger partial charge in [0.05, 0.1) is 22.8 Å². The maximum Gasteiger partial charge on any atom is 0.0856 e. The zero-order valence-electron chi connectivity index (χ0n) is 9.87. The summed E-state index contributed by atoms with van der Waals surface area (Å²) in [4.78, 5) is 0. The van der Waals surface area contributed by atoms with Gasteiger partial charge in [-0.25, -0.2) is 0 Å². The third-order valence-electron chi connectivity index (χ3n) is 2.52. The van der Waals surface area contributed by atoms with Crippen molar-refractivity contribution in [1.82, 2.24) is 9.78 Å². The van der Waals surface area contributed by atoms with E-state index >= 15 is 0 Å². The number of benzene rings is 1. The molecule has 17 heavy (non-hydrogen) atoms. The van der Waals surface area contributed by atoms with E-state index in [0.29, 0.717) is 0 Å². The van der Waals surface area contributed by atoms with Crippen LogP contribution in [0.5, 0.6) is 0 Å². The number of rotatable bonds is 3. The summed E-state index contributed by atoms with van der Waals surface area (Å²) in [6, 6.07) is 5.97. The van der Waals surface area contributed by atoms with Crippen molar-refractivity contribution in [3.8, 4) is 0 Å². The van der Waals surface area contributed by atoms with E-state index in [-0.39, 0.29) is 0 Å². The van der Waals surface area contributed by atoms with Gasteiger partial charge >= 0.3 is 0 Å². The van der Waals surface area contributed by atoms with Crippen molar-refractivity contribution in [3.63, 3.8) is 0 Å². The lowest BCUT2D eigenvalue weighted by Gasteiger charge is -2.08. The molecule has 0 aliphatic heterocycles. The number of nitrogens with one attached hydrogen (secondary N) is 1. The number of aryl methyl sites for hydroxylation is 2. The van der Waals surface area contributed by atoms with Gasteiger partial charge in [0.25, 0.3) is 0 Å². The average Bonchev–Trinajstić information content (AvgIpc) is 2.63. The lowest BCUT2D eigenvalue weighted by Crippen LogP contribution is -1.98. The standard InChI is InChI=1S/C12H15IN4/c1-3-10-12(7-17(2)16-10)15-11-5-4-8(13)6-9(11)14/h4-7,15H,3,14H2,1-2H3. The van der Waals surface area contributed by atoms with Crippen LogP contribution in [0.3, 0.4) is 0 Å². The third-order valence-corrected chi connectivity index (χ3v) is 3.19. The third kappa shape index (κ3) is 2.71. The van der Waals surface area contributed by atoms with Gasteiger partial charge in [0, 0.05) is 16.8 Å². The van der Waals surface area contributed by atoms with Crippen molar-refractivity contribution in [2.24, 2.45) is 7.05 Å². The summed E-state index contributed by atoms with van der Waals surface area (Å²) >= 11 is 2.25. The van der Waals surface area contributed by atoms with Gasteiger partial charge in [-0.05, 0) is 47.2 Å². The van der Waals surface area contributed by atoms with E-state index in [0.717, 1.165) is 32.7 Å². The molecule has 2 rings (SSSR count). The van der Waals surface area contributed by atoms with Gasteiger partial charge in [-0.2, -0.15) is 5.10 Å². The number of anilines is 3. The largest absolute Gasteiger partial charge is 0.397 e. The SMILES string of the molecule is CCc1nn(C)cc1Nc1ccc(I)cc1N. The highest BCUT2D eigenvalue weighted by Crippen LogP contribution is 2.26. The van der Waals surface area contributed by atoms with E-state index in [1.54, 1.807) is 0 Å². The quantitative estimate of drug-likeness (QED) is 0.666. The number of nitrogens with zero attached hydrogens (tertiary/aromatic N) is 2. The van der Waals surface area contributed by atoms with E-state index in [9.17, 15) is 0 Å². The van der Waals surface area contributed by atoms with Crippen molar-refractivity contribution >= 4 is 39.7 Å². The van der Waals surface area contributed by atoms with Crippen LogP contribution in [0.2, 0.25) is 0 Å². The summed E-state index contributed by atoms with van der Waals surface area (Å²) in [5.74, 6) is 0. The topological polar surface area (TPSA) is 55.9 Å². The molecule has 0 saturated heterocycles. The van der Waals surface area contributed by atoms with E-state index in [1.165, 1.54) is 0 Å². The minimum absolute atomic E-state index is 0.753. The van der Waals surface area contributed by atoms with Gasteiger partial charge in [-0.15, -0.1) is 0 Å². The number of hydrogen-bond donors (Lipinski definition) is 2. The molecule has 0 spiro atoms. The van der Waals surface area contributed by atoms with Crippen LogP contribution in [-0.4, -0.2) is 9.78 Å². The molecule has 0 amide bonds. The smallest absolute Gasteiger partial charge is 0.0856 e. The molecule has 5 heteroatoms. The molecule has 4 nitrogen and oxygen atoms in total. The van der Waals surface area contributed by atoms with Crippen LogP contribution in [0.25, 0.3) is 0 Å². The Morgan fingerprint density at radius 2 is 2.18 bits per heavy atom. The Balaban J connectivity index is 2.30. The summed E-state index contributed by atoms with van der Waals surface area (Å²) in [5, 5.41) is 7.71. The highest BCUT2D eigenvalue weighted by atomic mass is 127. The molecule has 1 aromatic heterocycles. The lowest BCUT2D eigenvalue weighted by molar-refractivity contribution is 0.746. The zero-order valence-corrected chi connectivity index (χ0v) is 12.0. The van der Waals surface area contributed by atoms with E-state index < -0.39 is 0 Å². The first kappa shape index (κ1) is 12.2. The van der Waals surface area contributed by atoms with Crippen LogP contribution in [0.15, 0.2) is 24.4 Å². The lowest BCUT2D eigenvalue weighted by atomic mass is 10.2. The highest BCUT2D eigenvalue weighted by Gasteiger charge is 2.07. The first-order valence-electron chi connectivity index (χ1n) is 5.44. The normalized spacial score (nSPS) is 10.5. The second-order valence-corrected chi connectivity index (χ2v) is 5.12. The fourth-order valence-corrected chi connectivity index (χ4v) is 2.21. The predicted octanol–water partition coefficient (Wildman–Crippen LogP) is 2.91. The molecule has 0 fully saturated rings. The maximum absolute atomic E-state index is 5.97. The molecule has 2 aromatic rings. The molecule has 90 valence electrons. The molecule has 0 unspecified atom stereocenters. The Kier molecular flexibility index (Phi) is 3.56. The average molecular weight is 342 g/mol. The molecule has 0 aliphatic carbocycles. The minimum atomic E-state index is 0.753. The van der Waals surface area contributed by atoms with E-state index in [1.807, 2.05) is 36.1 Å². The van der Waals surface area contributed by atoms with Gasteiger partial charge in [0.15, 0.2) is 0 Å². The van der Waals surface area contributed by atoms with Crippen LogP contribution in [0.4, 0.5) is 17.1 Å². The first-order chi connectivity index (χ1) is 8.10.